The fourth-order valence-corrected chi connectivity index (χ4v) is 2.08. The van der Waals surface area contributed by atoms with E-state index in [1.54, 1.807) is 12.1 Å². The number of para-hydroxylation sites is 1. The normalized spacial score (nSPS) is 11.3. The third-order valence-corrected chi connectivity index (χ3v) is 3.18. The van der Waals surface area contributed by atoms with Crippen LogP contribution in [0.4, 0.5) is 4.39 Å². The molecule has 0 heterocycles. The van der Waals surface area contributed by atoms with Crippen molar-refractivity contribution in [3.05, 3.63) is 65.5 Å². The molecule has 0 aliphatic rings. The van der Waals surface area contributed by atoms with Crippen LogP contribution in [0, 0.1) is 17.1 Å². The molecule has 0 unspecified atom stereocenters. The van der Waals surface area contributed by atoms with E-state index < -0.39 is 6.04 Å². The third-order valence-electron chi connectivity index (χ3n) is 3.18. The number of hydrogen-bond acceptors (Lipinski definition) is 3. The lowest BCUT2D eigenvalue weighted by Crippen LogP contribution is -2.29. The molecule has 0 aromatic heterocycles. The highest BCUT2D eigenvalue weighted by Gasteiger charge is 2.15. The van der Waals surface area contributed by atoms with Crippen molar-refractivity contribution in [1.29, 1.82) is 5.26 Å². The van der Waals surface area contributed by atoms with Crippen molar-refractivity contribution >= 4 is 5.91 Å². The lowest BCUT2D eigenvalue weighted by Gasteiger charge is -2.13. The zero-order valence-electron chi connectivity index (χ0n) is 12.0. The minimum Gasteiger partial charge on any atom is -0.496 e. The first-order chi connectivity index (χ1) is 10.6. The molecule has 1 N–H and O–H groups in total. The molecule has 22 heavy (non-hydrogen) atoms. The van der Waals surface area contributed by atoms with Crippen LogP contribution in [0.5, 0.6) is 5.75 Å². The molecule has 1 amide bonds. The van der Waals surface area contributed by atoms with Crippen LogP contribution in [0.15, 0.2) is 48.5 Å². The van der Waals surface area contributed by atoms with E-state index in [-0.39, 0.29) is 18.1 Å². The van der Waals surface area contributed by atoms with E-state index in [2.05, 4.69) is 5.32 Å². The Balaban J connectivity index is 2.07. The summed E-state index contributed by atoms with van der Waals surface area (Å²) in [4.78, 5) is 12.1. The van der Waals surface area contributed by atoms with Gasteiger partial charge in [-0.2, -0.15) is 5.26 Å². The summed E-state index contributed by atoms with van der Waals surface area (Å²) in [5.74, 6) is -0.0749. The van der Waals surface area contributed by atoms with Crippen LogP contribution >= 0.6 is 0 Å². The Hall–Kier alpha value is -2.87. The summed E-state index contributed by atoms with van der Waals surface area (Å²) >= 11 is 0. The van der Waals surface area contributed by atoms with E-state index in [0.717, 1.165) is 5.56 Å². The van der Waals surface area contributed by atoms with Crippen molar-refractivity contribution in [3.8, 4) is 11.8 Å². The number of carbonyl (C=O) groups is 1. The molecule has 2 rings (SSSR count). The Kier molecular flexibility index (Phi) is 5.10. The zero-order valence-corrected chi connectivity index (χ0v) is 12.0. The first-order valence-corrected chi connectivity index (χ1v) is 6.70. The summed E-state index contributed by atoms with van der Waals surface area (Å²) < 4.78 is 18.1. The van der Waals surface area contributed by atoms with Crippen molar-refractivity contribution < 1.29 is 13.9 Å². The second-order valence-electron chi connectivity index (χ2n) is 4.67. The highest BCUT2D eigenvalue weighted by Crippen LogP contribution is 2.18. The number of hydrogen-bond donors (Lipinski definition) is 1. The number of nitriles is 1. The van der Waals surface area contributed by atoms with Gasteiger partial charge in [0.2, 0.25) is 5.91 Å². The van der Waals surface area contributed by atoms with E-state index in [9.17, 15) is 14.4 Å². The Morgan fingerprint density at radius 1 is 1.27 bits per heavy atom. The monoisotopic (exact) mass is 298 g/mol. The fraction of sp³-hybridized carbons (Fsp3) is 0.176. The summed E-state index contributed by atoms with van der Waals surface area (Å²) in [5, 5.41) is 11.8. The van der Waals surface area contributed by atoms with Gasteiger partial charge >= 0.3 is 0 Å². The van der Waals surface area contributed by atoms with Crippen molar-refractivity contribution in [2.24, 2.45) is 0 Å². The van der Waals surface area contributed by atoms with Gasteiger partial charge in [-0.25, -0.2) is 4.39 Å². The number of nitrogens with zero attached hydrogens (tertiary/aromatic N) is 1. The summed E-state index contributed by atoms with van der Waals surface area (Å²) in [6.07, 6.45) is 0.101. The number of ether oxygens (including phenoxy) is 1. The first kappa shape index (κ1) is 15.5. The molecule has 0 bridgehead atoms. The maximum Gasteiger partial charge on any atom is 0.225 e. The smallest absolute Gasteiger partial charge is 0.225 e. The molecule has 4 nitrogen and oxygen atoms in total. The van der Waals surface area contributed by atoms with Crippen LogP contribution < -0.4 is 10.1 Å². The number of halogens is 1. The fourth-order valence-electron chi connectivity index (χ4n) is 2.08. The first-order valence-electron chi connectivity index (χ1n) is 6.70. The van der Waals surface area contributed by atoms with E-state index in [0.29, 0.717) is 11.3 Å². The number of carbonyl (C=O) groups excluding carboxylic acids is 1. The predicted molar refractivity (Wildman–Crippen MR) is 79.6 cm³/mol. The Morgan fingerprint density at radius 2 is 1.95 bits per heavy atom. The summed E-state index contributed by atoms with van der Waals surface area (Å²) in [6.45, 7) is 0. The molecule has 1 atom stereocenters. The van der Waals surface area contributed by atoms with Crippen LogP contribution in [0.25, 0.3) is 0 Å². The van der Waals surface area contributed by atoms with Crippen LogP contribution in [-0.2, 0) is 11.2 Å². The summed E-state index contributed by atoms with van der Waals surface area (Å²) in [5.41, 5.74) is 1.27. The Bertz CT molecular complexity index is 693. The third kappa shape index (κ3) is 3.83. The van der Waals surface area contributed by atoms with Crippen LogP contribution in [0.3, 0.4) is 0 Å². The average Bonchev–Trinajstić information content (AvgIpc) is 2.54. The molecule has 0 aliphatic heterocycles. The number of nitrogens with one attached hydrogen (secondary N) is 1. The molecule has 0 radical (unpaired) electrons. The maximum absolute atomic E-state index is 12.9. The maximum atomic E-state index is 12.9. The molecule has 2 aromatic rings. The highest BCUT2D eigenvalue weighted by molar-refractivity contribution is 5.80. The zero-order chi connectivity index (χ0) is 15.9. The second kappa shape index (κ2) is 7.23. The molecular formula is C17H15FN2O2. The van der Waals surface area contributed by atoms with Crippen LogP contribution in [0.1, 0.15) is 17.2 Å². The molecule has 2 aromatic carbocycles. The van der Waals surface area contributed by atoms with E-state index >= 15 is 0 Å². The topological polar surface area (TPSA) is 62.1 Å². The van der Waals surface area contributed by atoms with Gasteiger partial charge in [0.05, 0.1) is 19.6 Å². The molecule has 112 valence electrons. The van der Waals surface area contributed by atoms with Gasteiger partial charge in [0.1, 0.15) is 17.6 Å². The highest BCUT2D eigenvalue weighted by atomic mass is 19.1. The minimum atomic E-state index is -0.817. The average molecular weight is 298 g/mol. The lowest BCUT2D eigenvalue weighted by atomic mass is 10.1. The summed E-state index contributed by atoms with van der Waals surface area (Å²) in [7, 11) is 1.54. The van der Waals surface area contributed by atoms with E-state index in [4.69, 9.17) is 4.74 Å². The molecule has 0 spiro atoms. The Morgan fingerprint density at radius 3 is 2.59 bits per heavy atom. The van der Waals surface area contributed by atoms with Gasteiger partial charge in [-0.1, -0.05) is 30.3 Å². The quantitative estimate of drug-likeness (QED) is 0.923. The molecule has 0 fully saturated rings. The summed E-state index contributed by atoms with van der Waals surface area (Å²) in [6, 6.07) is 13.8. The SMILES string of the molecule is COc1ccccc1CC(=O)N[C@@H](C#N)c1ccc(F)cc1. The van der Waals surface area contributed by atoms with Crippen molar-refractivity contribution in [3.63, 3.8) is 0 Å². The van der Waals surface area contributed by atoms with Gasteiger partial charge in [-0.3, -0.25) is 4.79 Å². The van der Waals surface area contributed by atoms with Gasteiger partial charge in [0.25, 0.3) is 0 Å². The molecule has 0 aliphatic carbocycles. The number of rotatable bonds is 5. The van der Waals surface area contributed by atoms with Gasteiger partial charge < -0.3 is 10.1 Å². The van der Waals surface area contributed by atoms with Gasteiger partial charge in [0, 0.05) is 5.56 Å². The molecular weight excluding hydrogens is 283 g/mol. The largest absolute Gasteiger partial charge is 0.496 e. The number of methoxy groups -OCH3 is 1. The minimum absolute atomic E-state index is 0.101. The van der Waals surface area contributed by atoms with Crippen molar-refractivity contribution in [2.45, 2.75) is 12.5 Å². The van der Waals surface area contributed by atoms with E-state index in [1.165, 1.54) is 31.4 Å². The predicted octanol–water partition coefficient (Wildman–Crippen LogP) is 2.76. The van der Waals surface area contributed by atoms with Crippen molar-refractivity contribution in [1.82, 2.24) is 5.32 Å². The lowest BCUT2D eigenvalue weighted by molar-refractivity contribution is -0.120. The van der Waals surface area contributed by atoms with Crippen LogP contribution in [-0.4, -0.2) is 13.0 Å². The van der Waals surface area contributed by atoms with Crippen LogP contribution in [0.2, 0.25) is 0 Å². The standard InChI is InChI=1S/C17H15FN2O2/c1-22-16-5-3-2-4-13(16)10-17(21)20-15(11-19)12-6-8-14(18)9-7-12/h2-9,15H,10H2,1H3,(H,20,21)/t15-/m0/s1. The molecule has 0 saturated carbocycles. The second-order valence-corrected chi connectivity index (χ2v) is 4.67. The number of amides is 1. The van der Waals surface area contributed by atoms with Gasteiger partial charge in [0.15, 0.2) is 0 Å². The van der Waals surface area contributed by atoms with Gasteiger partial charge in [-0.15, -0.1) is 0 Å². The van der Waals surface area contributed by atoms with E-state index in [1.807, 2.05) is 18.2 Å². The number of benzene rings is 2. The van der Waals surface area contributed by atoms with Gasteiger partial charge in [-0.05, 0) is 23.8 Å². The Labute approximate surface area is 128 Å². The molecule has 5 heteroatoms. The molecule has 0 saturated heterocycles. The van der Waals surface area contributed by atoms with Crippen molar-refractivity contribution in [2.75, 3.05) is 7.11 Å².